The van der Waals surface area contributed by atoms with E-state index in [1.807, 2.05) is 0 Å². The molecule has 1 aliphatic carbocycles. The van der Waals surface area contributed by atoms with Gasteiger partial charge in [-0.3, -0.25) is 0 Å². The molecule has 126 valence electrons. The van der Waals surface area contributed by atoms with Crippen molar-refractivity contribution in [3.8, 4) is 22.3 Å². The molecule has 5 rings (SSSR count). The van der Waals surface area contributed by atoms with Gasteiger partial charge in [-0.1, -0.05) is 86.6 Å². The molecule has 0 spiro atoms. The summed E-state index contributed by atoms with van der Waals surface area (Å²) in [6, 6.07) is 29.1. The van der Waals surface area contributed by atoms with Gasteiger partial charge in [0, 0.05) is 5.41 Å². The number of aryl methyl sites for hydroxylation is 1. The lowest BCUT2D eigenvalue weighted by Gasteiger charge is -2.22. The Bertz CT molecular complexity index is 1160. The fourth-order valence-electron chi connectivity index (χ4n) is 4.57. The van der Waals surface area contributed by atoms with Gasteiger partial charge in [0.25, 0.3) is 0 Å². The smallest absolute Gasteiger partial charge is 0.0159 e. The first-order valence-corrected chi connectivity index (χ1v) is 9.30. The molecule has 0 nitrogen and oxygen atoms in total. The molecule has 0 saturated carbocycles. The number of hydrogen-bond donors (Lipinski definition) is 0. The summed E-state index contributed by atoms with van der Waals surface area (Å²) in [7, 11) is 0. The molecular formula is C26H22. The molecule has 0 heterocycles. The molecule has 0 fully saturated rings. The zero-order chi connectivity index (χ0) is 17.9. The zero-order valence-corrected chi connectivity index (χ0v) is 15.5. The molecule has 0 aromatic heterocycles. The third-order valence-electron chi connectivity index (χ3n) is 5.90. The Hall–Kier alpha value is -2.86. The normalized spacial score (nSPS) is 14.3. The van der Waals surface area contributed by atoms with Crippen molar-refractivity contribution >= 4 is 10.8 Å². The standard InChI is InChI=1S/C26H22/c1-17-14-18-8-4-5-9-20(18)23(15-17)19-12-13-22-21-10-6-7-11-24(21)26(2,3)25(22)16-19/h4-16H,1-3H3. The van der Waals surface area contributed by atoms with Crippen LogP contribution < -0.4 is 0 Å². The molecule has 0 radical (unpaired) electrons. The SMILES string of the molecule is Cc1cc(-c2ccc3c(c2)C(C)(C)c2ccccc2-3)c2ccccc2c1. The van der Waals surface area contributed by atoms with E-state index in [1.165, 1.54) is 49.7 Å². The minimum absolute atomic E-state index is 0.0432. The number of benzene rings is 4. The summed E-state index contributed by atoms with van der Waals surface area (Å²) in [5, 5.41) is 2.64. The molecule has 0 N–H and O–H groups in total. The summed E-state index contributed by atoms with van der Waals surface area (Å²) in [4.78, 5) is 0. The van der Waals surface area contributed by atoms with Crippen LogP contribution in [0.25, 0.3) is 33.0 Å². The monoisotopic (exact) mass is 334 g/mol. The van der Waals surface area contributed by atoms with Crippen LogP contribution in [0.15, 0.2) is 78.9 Å². The van der Waals surface area contributed by atoms with Crippen LogP contribution >= 0.6 is 0 Å². The average Bonchev–Trinajstić information content (AvgIpc) is 2.89. The molecule has 26 heavy (non-hydrogen) atoms. The van der Waals surface area contributed by atoms with Gasteiger partial charge in [-0.05, 0) is 62.7 Å². The van der Waals surface area contributed by atoms with Crippen LogP contribution in [0.1, 0.15) is 30.5 Å². The quantitative estimate of drug-likeness (QED) is 0.347. The maximum atomic E-state index is 2.41. The second-order valence-electron chi connectivity index (χ2n) is 7.96. The summed E-state index contributed by atoms with van der Waals surface area (Å²) in [5.74, 6) is 0. The van der Waals surface area contributed by atoms with Crippen molar-refractivity contribution in [2.75, 3.05) is 0 Å². The van der Waals surface area contributed by atoms with Crippen molar-refractivity contribution in [3.05, 3.63) is 95.6 Å². The van der Waals surface area contributed by atoms with Gasteiger partial charge in [0.05, 0.1) is 0 Å². The van der Waals surface area contributed by atoms with Crippen LogP contribution in [0.5, 0.6) is 0 Å². The Morgan fingerprint density at radius 3 is 2.23 bits per heavy atom. The van der Waals surface area contributed by atoms with Crippen LogP contribution in [0.4, 0.5) is 0 Å². The molecule has 0 amide bonds. The third kappa shape index (κ3) is 2.08. The molecule has 0 unspecified atom stereocenters. The van der Waals surface area contributed by atoms with E-state index in [1.54, 1.807) is 0 Å². The van der Waals surface area contributed by atoms with Gasteiger partial charge in [0.1, 0.15) is 0 Å². The fourth-order valence-corrected chi connectivity index (χ4v) is 4.57. The minimum atomic E-state index is 0.0432. The molecular weight excluding hydrogens is 312 g/mol. The van der Waals surface area contributed by atoms with Crippen molar-refractivity contribution in [2.24, 2.45) is 0 Å². The molecule has 0 heteroatoms. The van der Waals surface area contributed by atoms with Crippen molar-refractivity contribution in [1.82, 2.24) is 0 Å². The van der Waals surface area contributed by atoms with E-state index >= 15 is 0 Å². The molecule has 0 bridgehead atoms. The van der Waals surface area contributed by atoms with Crippen LogP contribution in [-0.2, 0) is 5.41 Å². The lowest BCUT2D eigenvalue weighted by Crippen LogP contribution is -2.14. The van der Waals surface area contributed by atoms with E-state index < -0.39 is 0 Å². The average molecular weight is 334 g/mol. The Morgan fingerprint density at radius 1 is 0.615 bits per heavy atom. The van der Waals surface area contributed by atoms with E-state index in [4.69, 9.17) is 0 Å². The summed E-state index contributed by atoms with van der Waals surface area (Å²) in [6.07, 6.45) is 0. The van der Waals surface area contributed by atoms with Gasteiger partial charge in [0.15, 0.2) is 0 Å². The maximum Gasteiger partial charge on any atom is 0.0159 e. The fraction of sp³-hybridized carbons (Fsp3) is 0.154. The molecule has 0 aliphatic heterocycles. The van der Waals surface area contributed by atoms with Gasteiger partial charge in [-0.15, -0.1) is 0 Å². The van der Waals surface area contributed by atoms with Crippen molar-refractivity contribution < 1.29 is 0 Å². The van der Waals surface area contributed by atoms with Crippen LogP contribution in [0.2, 0.25) is 0 Å². The third-order valence-corrected chi connectivity index (χ3v) is 5.90. The van der Waals surface area contributed by atoms with Gasteiger partial charge < -0.3 is 0 Å². The predicted molar refractivity (Wildman–Crippen MR) is 112 cm³/mol. The summed E-state index contributed by atoms with van der Waals surface area (Å²) in [5.41, 5.74) is 9.62. The predicted octanol–water partition coefficient (Wildman–Crippen LogP) is 7.12. The highest BCUT2D eigenvalue weighted by Crippen LogP contribution is 2.49. The molecule has 0 saturated heterocycles. The lowest BCUT2D eigenvalue weighted by molar-refractivity contribution is 0.660. The lowest BCUT2D eigenvalue weighted by atomic mass is 9.81. The second-order valence-corrected chi connectivity index (χ2v) is 7.96. The van der Waals surface area contributed by atoms with Gasteiger partial charge in [-0.2, -0.15) is 0 Å². The Kier molecular flexibility index (Phi) is 3.15. The van der Waals surface area contributed by atoms with E-state index in [0.29, 0.717) is 0 Å². The molecule has 4 aromatic carbocycles. The van der Waals surface area contributed by atoms with E-state index in [0.717, 1.165) is 0 Å². The van der Waals surface area contributed by atoms with E-state index in [-0.39, 0.29) is 5.41 Å². The van der Waals surface area contributed by atoms with E-state index in [2.05, 4.69) is 99.6 Å². The van der Waals surface area contributed by atoms with Gasteiger partial charge in [0.2, 0.25) is 0 Å². The topological polar surface area (TPSA) is 0 Å². The maximum absolute atomic E-state index is 2.41. The minimum Gasteiger partial charge on any atom is -0.0619 e. The van der Waals surface area contributed by atoms with Crippen molar-refractivity contribution in [2.45, 2.75) is 26.2 Å². The zero-order valence-electron chi connectivity index (χ0n) is 15.5. The Labute approximate surface area is 155 Å². The van der Waals surface area contributed by atoms with Crippen LogP contribution in [0, 0.1) is 6.92 Å². The van der Waals surface area contributed by atoms with Gasteiger partial charge >= 0.3 is 0 Å². The van der Waals surface area contributed by atoms with Crippen molar-refractivity contribution in [3.63, 3.8) is 0 Å². The van der Waals surface area contributed by atoms with Gasteiger partial charge in [-0.25, -0.2) is 0 Å². The van der Waals surface area contributed by atoms with Crippen LogP contribution in [0.3, 0.4) is 0 Å². The summed E-state index contributed by atoms with van der Waals surface area (Å²) >= 11 is 0. The highest BCUT2D eigenvalue weighted by atomic mass is 14.4. The summed E-state index contributed by atoms with van der Waals surface area (Å²) in [6.45, 7) is 6.87. The number of rotatable bonds is 1. The first-order valence-electron chi connectivity index (χ1n) is 9.30. The highest BCUT2D eigenvalue weighted by molar-refractivity contribution is 5.98. The van der Waals surface area contributed by atoms with E-state index in [9.17, 15) is 0 Å². The van der Waals surface area contributed by atoms with Crippen LogP contribution in [-0.4, -0.2) is 0 Å². The Morgan fingerprint density at radius 2 is 1.35 bits per heavy atom. The first-order chi connectivity index (χ1) is 12.6. The largest absolute Gasteiger partial charge is 0.0619 e. The molecule has 1 aliphatic rings. The number of hydrogen-bond acceptors (Lipinski definition) is 0. The molecule has 0 atom stereocenters. The highest BCUT2D eigenvalue weighted by Gasteiger charge is 2.35. The Balaban J connectivity index is 1.77. The number of fused-ring (bicyclic) bond motifs is 4. The summed E-state index contributed by atoms with van der Waals surface area (Å²) < 4.78 is 0. The van der Waals surface area contributed by atoms with Crippen molar-refractivity contribution in [1.29, 1.82) is 0 Å². The second kappa shape index (κ2) is 5.32. The molecule has 4 aromatic rings. The first kappa shape index (κ1) is 15.4.